The second kappa shape index (κ2) is 7.63. The molecule has 3 heterocycles. The summed E-state index contributed by atoms with van der Waals surface area (Å²) in [6.07, 6.45) is -2.41. The Morgan fingerprint density at radius 1 is 1.21 bits per heavy atom. The zero-order chi connectivity index (χ0) is 20.6. The fourth-order valence-electron chi connectivity index (χ4n) is 2.94. The third kappa shape index (κ3) is 3.35. The van der Waals surface area contributed by atoms with Gasteiger partial charge in [0.1, 0.15) is 30.7 Å². The molecule has 152 valence electrons. The van der Waals surface area contributed by atoms with Gasteiger partial charge in [0, 0.05) is 0 Å². The molecule has 2 aromatic heterocycles. The molecule has 1 aliphatic heterocycles. The standard InChI is InChI=1S/C15H19N5O8/c1-5(14(24)25)7(15(26)27)19-11-8-12(17-3-16-11)20(4-18-8)13-10(23)9(22)6(2-21)28-13/h3-7,9-10,13,21-23H,2H2,1H3,(H,24,25)(H,26,27)(H,16,17,19)/t5-,6-,7-,9+,10+,13-/m0/s1. The average Bonchev–Trinajstić information content (AvgIpc) is 3.21. The number of aromatic nitrogens is 4. The van der Waals surface area contributed by atoms with Gasteiger partial charge in [-0.2, -0.15) is 0 Å². The number of ether oxygens (including phenoxy) is 1. The average molecular weight is 397 g/mol. The largest absolute Gasteiger partial charge is 0.481 e. The fraction of sp³-hybridized carbons (Fsp3) is 0.533. The van der Waals surface area contributed by atoms with Crippen LogP contribution in [0.4, 0.5) is 5.82 Å². The summed E-state index contributed by atoms with van der Waals surface area (Å²) in [5, 5.41) is 50.3. The number of aliphatic hydroxyl groups is 3. The van der Waals surface area contributed by atoms with E-state index in [9.17, 15) is 30.0 Å². The monoisotopic (exact) mass is 397 g/mol. The van der Waals surface area contributed by atoms with Gasteiger partial charge < -0.3 is 35.6 Å². The molecule has 2 aromatic rings. The fourth-order valence-corrected chi connectivity index (χ4v) is 2.94. The Balaban J connectivity index is 1.95. The molecule has 0 unspecified atom stereocenters. The second-order valence-corrected chi connectivity index (χ2v) is 6.36. The highest BCUT2D eigenvalue weighted by atomic mass is 16.6. The predicted molar refractivity (Wildman–Crippen MR) is 90.2 cm³/mol. The van der Waals surface area contributed by atoms with Gasteiger partial charge in [0.25, 0.3) is 0 Å². The Morgan fingerprint density at radius 3 is 2.50 bits per heavy atom. The van der Waals surface area contributed by atoms with Crippen LogP contribution in [0.25, 0.3) is 11.2 Å². The van der Waals surface area contributed by atoms with Gasteiger partial charge in [-0.25, -0.2) is 19.7 Å². The molecule has 0 aromatic carbocycles. The molecule has 0 radical (unpaired) electrons. The molecule has 13 nitrogen and oxygen atoms in total. The summed E-state index contributed by atoms with van der Waals surface area (Å²) in [6, 6.07) is -1.48. The smallest absolute Gasteiger partial charge is 0.327 e. The van der Waals surface area contributed by atoms with Gasteiger partial charge in [0.2, 0.25) is 0 Å². The molecule has 28 heavy (non-hydrogen) atoms. The van der Waals surface area contributed by atoms with Crippen LogP contribution in [0.3, 0.4) is 0 Å². The summed E-state index contributed by atoms with van der Waals surface area (Å²) in [4.78, 5) is 34.7. The zero-order valence-corrected chi connectivity index (χ0v) is 14.6. The van der Waals surface area contributed by atoms with Crippen LogP contribution in [0.15, 0.2) is 12.7 Å². The number of hydrogen-bond acceptors (Lipinski definition) is 10. The number of imidazole rings is 1. The Labute approximate surface area is 157 Å². The number of anilines is 1. The maximum atomic E-state index is 11.4. The normalized spacial score (nSPS) is 26.9. The summed E-state index contributed by atoms with van der Waals surface area (Å²) in [7, 11) is 0. The summed E-state index contributed by atoms with van der Waals surface area (Å²) >= 11 is 0. The highest BCUT2D eigenvalue weighted by Crippen LogP contribution is 2.32. The first kappa shape index (κ1) is 19.9. The van der Waals surface area contributed by atoms with Crippen LogP contribution in [0.2, 0.25) is 0 Å². The molecule has 0 spiro atoms. The first-order valence-corrected chi connectivity index (χ1v) is 8.28. The molecule has 1 aliphatic rings. The molecule has 0 bridgehead atoms. The van der Waals surface area contributed by atoms with E-state index < -0.39 is 55.0 Å². The van der Waals surface area contributed by atoms with Gasteiger partial charge in [-0.05, 0) is 6.92 Å². The van der Waals surface area contributed by atoms with Crippen LogP contribution in [-0.2, 0) is 14.3 Å². The summed E-state index contributed by atoms with van der Waals surface area (Å²) < 4.78 is 6.74. The third-order valence-corrected chi connectivity index (χ3v) is 4.60. The quantitative estimate of drug-likeness (QED) is 0.301. The molecule has 0 saturated carbocycles. The van der Waals surface area contributed by atoms with Crippen molar-refractivity contribution in [2.45, 2.75) is 37.5 Å². The number of carboxylic acids is 2. The van der Waals surface area contributed by atoms with Crippen molar-refractivity contribution in [3.05, 3.63) is 12.7 Å². The Bertz CT molecular complexity index is 888. The first-order valence-electron chi connectivity index (χ1n) is 8.28. The highest BCUT2D eigenvalue weighted by Gasteiger charge is 2.44. The number of nitrogens with zero attached hydrogens (tertiary/aromatic N) is 4. The summed E-state index contributed by atoms with van der Waals surface area (Å²) in [5.41, 5.74) is 0.267. The van der Waals surface area contributed by atoms with Crippen LogP contribution in [-0.4, -0.2) is 88.0 Å². The van der Waals surface area contributed by atoms with E-state index in [0.717, 1.165) is 6.33 Å². The van der Waals surface area contributed by atoms with Gasteiger partial charge in [0.05, 0.1) is 18.9 Å². The maximum absolute atomic E-state index is 11.4. The topological polar surface area (TPSA) is 200 Å². The number of nitrogens with one attached hydrogen (secondary N) is 1. The van der Waals surface area contributed by atoms with Crippen molar-refractivity contribution in [2.75, 3.05) is 11.9 Å². The van der Waals surface area contributed by atoms with E-state index in [1.807, 2.05) is 0 Å². The van der Waals surface area contributed by atoms with E-state index in [-0.39, 0.29) is 17.0 Å². The van der Waals surface area contributed by atoms with Crippen molar-refractivity contribution in [1.82, 2.24) is 19.5 Å². The van der Waals surface area contributed by atoms with Crippen LogP contribution >= 0.6 is 0 Å². The Morgan fingerprint density at radius 2 is 1.93 bits per heavy atom. The maximum Gasteiger partial charge on any atom is 0.327 e. The molecule has 1 saturated heterocycles. The van der Waals surface area contributed by atoms with E-state index in [4.69, 9.17) is 9.84 Å². The van der Waals surface area contributed by atoms with Crippen LogP contribution < -0.4 is 5.32 Å². The van der Waals surface area contributed by atoms with Crippen LogP contribution in [0.5, 0.6) is 0 Å². The predicted octanol–water partition coefficient (Wildman–Crippen LogP) is -1.98. The lowest BCUT2D eigenvalue weighted by Gasteiger charge is -2.19. The lowest BCUT2D eigenvalue weighted by atomic mass is 10.0. The van der Waals surface area contributed by atoms with E-state index in [0.29, 0.717) is 0 Å². The van der Waals surface area contributed by atoms with Crippen LogP contribution in [0.1, 0.15) is 13.2 Å². The minimum atomic E-state index is -1.48. The zero-order valence-electron chi connectivity index (χ0n) is 14.6. The SMILES string of the molecule is C[C@H](C(=O)O)[C@H](Nc1ncnc2c1ncn2[C@H]1O[C@@H](CO)[C@@H](O)[C@H]1O)C(=O)O. The van der Waals surface area contributed by atoms with Crippen molar-refractivity contribution in [2.24, 2.45) is 5.92 Å². The van der Waals surface area contributed by atoms with E-state index in [1.54, 1.807) is 0 Å². The van der Waals surface area contributed by atoms with Gasteiger partial charge in [-0.1, -0.05) is 0 Å². The van der Waals surface area contributed by atoms with Gasteiger partial charge in [0.15, 0.2) is 23.2 Å². The minimum absolute atomic E-state index is 0.0176. The molecule has 0 amide bonds. The number of carboxylic acid groups (broad SMARTS) is 2. The molecular formula is C15H19N5O8. The van der Waals surface area contributed by atoms with Crippen molar-refractivity contribution in [3.63, 3.8) is 0 Å². The van der Waals surface area contributed by atoms with Gasteiger partial charge >= 0.3 is 11.9 Å². The number of fused-ring (bicyclic) bond motifs is 1. The molecule has 1 fully saturated rings. The second-order valence-electron chi connectivity index (χ2n) is 6.36. The van der Waals surface area contributed by atoms with Crippen molar-refractivity contribution in [1.29, 1.82) is 0 Å². The van der Waals surface area contributed by atoms with Crippen molar-refractivity contribution < 1.29 is 39.9 Å². The Hall–Kier alpha value is -2.87. The number of rotatable bonds is 7. The first-order chi connectivity index (χ1) is 13.3. The molecule has 0 aliphatic carbocycles. The highest BCUT2D eigenvalue weighted by molar-refractivity contribution is 5.89. The van der Waals surface area contributed by atoms with Crippen molar-refractivity contribution >= 4 is 28.9 Å². The Kier molecular flexibility index (Phi) is 5.42. The van der Waals surface area contributed by atoms with E-state index >= 15 is 0 Å². The third-order valence-electron chi connectivity index (χ3n) is 4.60. The molecule has 6 N–H and O–H groups in total. The summed E-state index contributed by atoms with van der Waals surface area (Å²) in [5.74, 6) is -3.96. The lowest BCUT2D eigenvalue weighted by molar-refractivity contribution is -0.148. The lowest BCUT2D eigenvalue weighted by Crippen LogP contribution is -2.39. The summed E-state index contributed by atoms with van der Waals surface area (Å²) in [6.45, 7) is 0.737. The molecular weight excluding hydrogens is 378 g/mol. The van der Waals surface area contributed by atoms with E-state index in [1.165, 1.54) is 17.8 Å². The number of aliphatic hydroxyl groups excluding tert-OH is 3. The number of carbonyl (C=O) groups is 2. The van der Waals surface area contributed by atoms with Crippen LogP contribution in [0, 0.1) is 5.92 Å². The molecule has 6 atom stereocenters. The van der Waals surface area contributed by atoms with E-state index in [2.05, 4.69) is 20.3 Å². The molecule has 3 rings (SSSR count). The van der Waals surface area contributed by atoms with Gasteiger partial charge in [-0.3, -0.25) is 9.36 Å². The number of aliphatic carboxylic acids is 2. The van der Waals surface area contributed by atoms with Gasteiger partial charge in [-0.15, -0.1) is 0 Å². The number of hydrogen-bond donors (Lipinski definition) is 6. The van der Waals surface area contributed by atoms with Crippen molar-refractivity contribution in [3.8, 4) is 0 Å². The molecule has 13 heteroatoms. The minimum Gasteiger partial charge on any atom is -0.481 e.